The summed E-state index contributed by atoms with van der Waals surface area (Å²) in [6, 6.07) is 0. The molecule has 1 heterocycles. The van der Waals surface area contributed by atoms with Crippen LogP contribution in [0.15, 0.2) is 0 Å². The summed E-state index contributed by atoms with van der Waals surface area (Å²) in [5.41, 5.74) is 0.0324. The third-order valence-corrected chi connectivity index (χ3v) is 3.44. The molecule has 0 amide bonds. The largest absolute Gasteiger partial charge is 0.373 e. The molecule has 0 aromatic carbocycles. The van der Waals surface area contributed by atoms with Gasteiger partial charge in [-0.3, -0.25) is 0 Å². The van der Waals surface area contributed by atoms with Crippen LogP contribution in [0.1, 0.15) is 33.6 Å². The maximum Gasteiger partial charge on any atom is 0.0602 e. The third kappa shape index (κ3) is 3.72. The maximum absolute atomic E-state index is 5.96. The lowest BCUT2D eigenvalue weighted by atomic mass is 9.81. The normalized spacial score (nSPS) is 32.4. The predicted molar refractivity (Wildman–Crippen MR) is 66.7 cm³/mol. The first-order valence-electron chi connectivity index (χ1n) is 6.64. The van der Waals surface area contributed by atoms with Crippen molar-refractivity contribution in [3.05, 3.63) is 0 Å². The molecule has 0 aromatic rings. The zero-order valence-electron chi connectivity index (χ0n) is 11.0. The Morgan fingerprint density at radius 1 is 1.19 bits per heavy atom. The van der Waals surface area contributed by atoms with Gasteiger partial charge in [-0.2, -0.15) is 0 Å². The van der Waals surface area contributed by atoms with Crippen LogP contribution in [-0.2, 0) is 4.74 Å². The molecular formula is C13H26N2O. The predicted octanol–water partition coefficient (Wildman–Crippen LogP) is 1.49. The first-order valence-corrected chi connectivity index (χ1v) is 6.64. The average molecular weight is 226 g/mol. The van der Waals surface area contributed by atoms with E-state index in [0.29, 0.717) is 6.10 Å². The molecule has 0 atom stereocenters. The van der Waals surface area contributed by atoms with Crippen LogP contribution >= 0.6 is 0 Å². The molecular weight excluding hydrogens is 200 g/mol. The number of rotatable bonds is 3. The summed E-state index contributed by atoms with van der Waals surface area (Å²) in [5, 5.41) is 3.40. The molecule has 2 rings (SSSR count). The van der Waals surface area contributed by atoms with Gasteiger partial charge in [0.15, 0.2) is 0 Å². The van der Waals surface area contributed by atoms with Crippen molar-refractivity contribution < 1.29 is 4.74 Å². The minimum absolute atomic E-state index is 0.0324. The van der Waals surface area contributed by atoms with Gasteiger partial charge in [0.05, 0.1) is 11.7 Å². The van der Waals surface area contributed by atoms with Gasteiger partial charge in [0.2, 0.25) is 0 Å². The Morgan fingerprint density at radius 2 is 1.81 bits per heavy atom. The summed E-state index contributed by atoms with van der Waals surface area (Å²) >= 11 is 0. The molecule has 0 unspecified atom stereocenters. The van der Waals surface area contributed by atoms with E-state index in [2.05, 4.69) is 31.0 Å². The van der Waals surface area contributed by atoms with Crippen molar-refractivity contribution in [1.82, 2.24) is 10.2 Å². The molecule has 1 saturated carbocycles. The number of hydrogen-bond acceptors (Lipinski definition) is 3. The highest BCUT2D eigenvalue weighted by Crippen LogP contribution is 2.33. The van der Waals surface area contributed by atoms with E-state index in [1.807, 2.05) is 0 Å². The Kier molecular flexibility index (Phi) is 3.88. The van der Waals surface area contributed by atoms with Gasteiger partial charge in [0.1, 0.15) is 0 Å². The lowest BCUT2D eigenvalue weighted by Gasteiger charge is -2.42. The van der Waals surface area contributed by atoms with Crippen molar-refractivity contribution in [2.24, 2.45) is 5.92 Å². The van der Waals surface area contributed by atoms with Gasteiger partial charge >= 0.3 is 0 Å². The van der Waals surface area contributed by atoms with Crippen molar-refractivity contribution in [2.45, 2.75) is 45.3 Å². The number of ether oxygens (including phenoxy) is 1. The number of nitrogens with zero attached hydrogens (tertiary/aromatic N) is 1. The summed E-state index contributed by atoms with van der Waals surface area (Å²) in [4.78, 5) is 2.59. The van der Waals surface area contributed by atoms with Gasteiger partial charge in [0.25, 0.3) is 0 Å². The van der Waals surface area contributed by atoms with E-state index in [0.717, 1.165) is 19.0 Å². The topological polar surface area (TPSA) is 24.5 Å². The Hall–Kier alpha value is -0.120. The van der Waals surface area contributed by atoms with E-state index in [-0.39, 0.29) is 5.60 Å². The Morgan fingerprint density at radius 3 is 2.38 bits per heavy atom. The van der Waals surface area contributed by atoms with E-state index in [4.69, 9.17) is 4.74 Å². The summed E-state index contributed by atoms with van der Waals surface area (Å²) in [7, 11) is 0. The summed E-state index contributed by atoms with van der Waals surface area (Å²) in [5.74, 6) is 0.880. The van der Waals surface area contributed by atoms with Crippen LogP contribution < -0.4 is 5.32 Å². The third-order valence-electron chi connectivity index (χ3n) is 3.44. The molecule has 16 heavy (non-hydrogen) atoms. The van der Waals surface area contributed by atoms with Crippen LogP contribution in [0.4, 0.5) is 0 Å². The SMILES string of the molecule is CC(C)(C)O[C@H]1C[C@H](CN2CCNCC2)C1. The van der Waals surface area contributed by atoms with Crippen LogP contribution in [-0.4, -0.2) is 49.3 Å². The van der Waals surface area contributed by atoms with E-state index < -0.39 is 0 Å². The van der Waals surface area contributed by atoms with E-state index in [1.165, 1.54) is 32.5 Å². The standard InChI is InChI=1S/C13H26N2O/c1-13(2,3)16-12-8-11(9-12)10-15-6-4-14-5-7-15/h11-12,14H,4-10H2,1-3H3/t11-,12-. The highest BCUT2D eigenvalue weighted by molar-refractivity contribution is 4.85. The van der Waals surface area contributed by atoms with E-state index in [1.54, 1.807) is 0 Å². The monoisotopic (exact) mass is 226 g/mol. The molecule has 1 aliphatic heterocycles. The molecule has 2 fully saturated rings. The minimum atomic E-state index is 0.0324. The Labute approximate surface area is 99.5 Å². The molecule has 3 heteroatoms. The van der Waals surface area contributed by atoms with Crippen LogP contribution in [0.5, 0.6) is 0 Å². The van der Waals surface area contributed by atoms with Gasteiger partial charge in [-0.25, -0.2) is 0 Å². The van der Waals surface area contributed by atoms with Crippen LogP contribution in [0.2, 0.25) is 0 Å². The van der Waals surface area contributed by atoms with Crippen LogP contribution in [0.25, 0.3) is 0 Å². The van der Waals surface area contributed by atoms with E-state index >= 15 is 0 Å². The number of nitrogens with one attached hydrogen (secondary N) is 1. The molecule has 2 aliphatic rings. The zero-order valence-corrected chi connectivity index (χ0v) is 11.0. The molecule has 1 aliphatic carbocycles. The first kappa shape index (κ1) is 12.3. The average Bonchev–Trinajstić information content (AvgIpc) is 2.14. The number of piperazine rings is 1. The molecule has 0 spiro atoms. The molecule has 94 valence electrons. The van der Waals surface area contributed by atoms with Crippen molar-refractivity contribution in [3.8, 4) is 0 Å². The van der Waals surface area contributed by atoms with Crippen molar-refractivity contribution in [3.63, 3.8) is 0 Å². The highest BCUT2D eigenvalue weighted by Gasteiger charge is 2.33. The van der Waals surface area contributed by atoms with E-state index in [9.17, 15) is 0 Å². The molecule has 1 N–H and O–H groups in total. The highest BCUT2D eigenvalue weighted by atomic mass is 16.5. The van der Waals surface area contributed by atoms with Crippen LogP contribution in [0.3, 0.4) is 0 Å². The summed E-state index contributed by atoms with van der Waals surface area (Å²) in [6.45, 7) is 12.5. The second-order valence-corrected chi connectivity index (χ2v) is 6.24. The molecule has 3 nitrogen and oxygen atoms in total. The smallest absolute Gasteiger partial charge is 0.0602 e. The minimum Gasteiger partial charge on any atom is -0.373 e. The first-order chi connectivity index (χ1) is 7.53. The molecule has 1 saturated heterocycles. The van der Waals surface area contributed by atoms with Gasteiger partial charge in [-0.15, -0.1) is 0 Å². The fourth-order valence-corrected chi connectivity index (χ4v) is 2.68. The summed E-state index contributed by atoms with van der Waals surface area (Å²) < 4.78 is 5.96. The second-order valence-electron chi connectivity index (χ2n) is 6.24. The fourth-order valence-electron chi connectivity index (χ4n) is 2.68. The maximum atomic E-state index is 5.96. The van der Waals surface area contributed by atoms with Crippen molar-refractivity contribution in [2.75, 3.05) is 32.7 Å². The van der Waals surface area contributed by atoms with Gasteiger partial charge in [0, 0.05) is 32.7 Å². The van der Waals surface area contributed by atoms with Gasteiger partial charge < -0.3 is 15.0 Å². The van der Waals surface area contributed by atoms with Gasteiger partial charge in [-0.1, -0.05) is 0 Å². The molecule has 0 aromatic heterocycles. The van der Waals surface area contributed by atoms with Crippen molar-refractivity contribution >= 4 is 0 Å². The zero-order chi connectivity index (χ0) is 11.6. The quantitative estimate of drug-likeness (QED) is 0.789. The van der Waals surface area contributed by atoms with Crippen molar-refractivity contribution in [1.29, 1.82) is 0 Å². The lowest BCUT2D eigenvalue weighted by Crippen LogP contribution is -2.48. The number of hydrogen-bond donors (Lipinski definition) is 1. The lowest BCUT2D eigenvalue weighted by molar-refractivity contribution is -0.115. The fraction of sp³-hybridized carbons (Fsp3) is 1.00. The Balaban J connectivity index is 1.61. The van der Waals surface area contributed by atoms with Crippen LogP contribution in [0, 0.1) is 5.92 Å². The van der Waals surface area contributed by atoms with Gasteiger partial charge in [-0.05, 0) is 39.5 Å². The molecule has 0 bridgehead atoms. The Bertz CT molecular complexity index is 212. The molecule has 0 radical (unpaired) electrons. The second kappa shape index (κ2) is 5.03. The summed E-state index contributed by atoms with van der Waals surface area (Å²) in [6.07, 6.45) is 3.05.